The molecule has 0 spiro atoms. The quantitative estimate of drug-likeness (QED) is 0.900. The number of piperazine rings is 1. The molecule has 4 nitrogen and oxygen atoms in total. The van der Waals surface area contributed by atoms with E-state index in [1.54, 1.807) is 4.90 Å². The van der Waals surface area contributed by atoms with E-state index in [2.05, 4.69) is 36.5 Å². The van der Waals surface area contributed by atoms with E-state index in [1.165, 1.54) is 5.56 Å². The zero-order chi connectivity index (χ0) is 18.5. The smallest absolute Gasteiger partial charge is 0.247 e. The number of benzene rings is 2. The lowest BCUT2D eigenvalue weighted by molar-refractivity contribution is -0.143. The summed E-state index contributed by atoms with van der Waals surface area (Å²) < 4.78 is 0. The number of hydrogen-bond donors (Lipinski definition) is 1. The predicted octanol–water partition coefficient (Wildman–Crippen LogP) is 3.19. The summed E-state index contributed by atoms with van der Waals surface area (Å²) in [5, 5.41) is 2.90. The maximum Gasteiger partial charge on any atom is 0.247 e. The molecule has 3 rings (SSSR count). The number of nitrogens with one attached hydrogen (secondary N) is 1. The molecular formula is C22H26N2O2. The first-order valence-corrected chi connectivity index (χ1v) is 9.30. The lowest BCUT2D eigenvalue weighted by atomic mass is 9.97. The van der Waals surface area contributed by atoms with Gasteiger partial charge in [-0.05, 0) is 42.0 Å². The lowest BCUT2D eigenvalue weighted by Crippen LogP contribution is -2.52. The van der Waals surface area contributed by atoms with Gasteiger partial charge in [0.25, 0.3) is 0 Å². The molecule has 0 bridgehead atoms. The molecule has 1 saturated heterocycles. The lowest BCUT2D eigenvalue weighted by Gasteiger charge is -2.36. The van der Waals surface area contributed by atoms with Gasteiger partial charge in [-0.15, -0.1) is 0 Å². The zero-order valence-electron chi connectivity index (χ0n) is 15.5. The van der Waals surface area contributed by atoms with E-state index in [9.17, 15) is 9.59 Å². The number of rotatable bonds is 5. The Bertz CT molecular complexity index is 783. The van der Waals surface area contributed by atoms with Crippen LogP contribution in [0.15, 0.2) is 48.5 Å². The maximum atomic E-state index is 12.9. The Morgan fingerprint density at radius 3 is 2.50 bits per heavy atom. The van der Waals surface area contributed by atoms with Crippen LogP contribution < -0.4 is 5.32 Å². The minimum atomic E-state index is -0.528. The minimum Gasteiger partial charge on any atom is -0.352 e. The molecular weight excluding hydrogens is 324 g/mol. The maximum absolute atomic E-state index is 12.9. The molecule has 1 aliphatic heterocycles. The van der Waals surface area contributed by atoms with E-state index in [4.69, 9.17) is 0 Å². The van der Waals surface area contributed by atoms with Gasteiger partial charge >= 0.3 is 0 Å². The van der Waals surface area contributed by atoms with Crippen molar-refractivity contribution in [2.24, 2.45) is 0 Å². The van der Waals surface area contributed by atoms with Crippen LogP contribution in [0.25, 0.3) is 0 Å². The number of amides is 2. The molecule has 0 saturated carbocycles. The highest BCUT2D eigenvalue weighted by atomic mass is 16.2. The normalized spacial score (nSPS) is 17.1. The molecule has 0 aliphatic carbocycles. The SMILES string of the molecule is CCc1ccc(CCC(=O)N2CCNC(=O)C2c2ccccc2C)cc1. The number of hydrogen-bond acceptors (Lipinski definition) is 2. The standard InChI is InChI=1S/C22H26N2O2/c1-3-17-8-10-18(11-9-17)12-13-20(25)24-15-14-23-22(26)21(24)19-7-5-4-6-16(19)2/h4-11,21H,3,12-15H2,1-2H3,(H,23,26). The Labute approximate surface area is 155 Å². The molecule has 136 valence electrons. The fourth-order valence-electron chi connectivity index (χ4n) is 3.47. The predicted molar refractivity (Wildman–Crippen MR) is 103 cm³/mol. The average Bonchev–Trinajstić information content (AvgIpc) is 2.67. The van der Waals surface area contributed by atoms with Crippen molar-refractivity contribution in [3.8, 4) is 0 Å². The Hall–Kier alpha value is -2.62. The molecule has 2 aromatic carbocycles. The van der Waals surface area contributed by atoms with Crippen LogP contribution in [0.3, 0.4) is 0 Å². The van der Waals surface area contributed by atoms with Crippen LogP contribution >= 0.6 is 0 Å². The van der Waals surface area contributed by atoms with Crippen molar-refractivity contribution in [1.82, 2.24) is 10.2 Å². The van der Waals surface area contributed by atoms with Crippen molar-refractivity contribution in [3.63, 3.8) is 0 Å². The van der Waals surface area contributed by atoms with E-state index in [1.807, 2.05) is 31.2 Å². The first kappa shape index (κ1) is 18.2. The molecule has 1 atom stereocenters. The molecule has 1 N–H and O–H groups in total. The fraction of sp³-hybridized carbons (Fsp3) is 0.364. The van der Waals surface area contributed by atoms with Gasteiger partial charge in [-0.2, -0.15) is 0 Å². The number of carbonyl (C=O) groups excluding carboxylic acids is 2. The molecule has 4 heteroatoms. The van der Waals surface area contributed by atoms with Crippen molar-refractivity contribution in [1.29, 1.82) is 0 Å². The van der Waals surface area contributed by atoms with E-state index >= 15 is 0 Å². The highest BCUT2D eigenvalue weighted by Crippen LogP contribution is 2.27. The van der Waals surface area contributed by atoms with Gasteiger partial charge < -0.3 is 10.2 Å². The average molecular weight is 350 g/mol. The van der Waals surface area contributed by atoms with Gasteiger partial charge in [-0.3, -0.25) is 9.59 Å². The van der Waals surface area contributed by atoms with Crippen LogP contribution in [0.5, 0.6) is 0 Å². The van der Waals surface area contributed by atoms with Crippen LogP contribution in [0.1, 0.15) is 41.6 Å². The van der Waals surface area contributed by atoms with Crippen molar-refractivity contribution in [2.45, 2.75) is 39.2 Å². The third kappa shape index (κ3) is 3.96. The largest absolute Gasteiger partial charge is 0.352 e. The summed E-state index contributed by atoms with van der Waals surface area (Å²) >= 11 is 0. The van der Waals surface area contributed by atoms with Crippen LogP contribution in [0.4, 0.5) is 0 Å². The Kier molecular flexibility index (Phi) is 5.71. The highest BCUT2D eigenvalue weighted by molar-refractivity contribution is 5.90. The molecule has 0 aromatic heterocycles. The first-order valence-electron chi connectivity index (χ1n) is 9.30. The molecule has 1 unspecified atom stereocenters. The number of nitrogens with zero attached hydrogens (tertiary/aromatic N) is 1. The second kappa shape index (κ2) is 8.17. The van der Waals surface area contributed by atoms with Gasteiger partial charge in [0.2, 0.25) is 11.8 Å². The topological polar surface area (TPSA) is 49.4 Å². The van der Waals surface area contributed by atoms with E-state index in [0.717, 1.165) is 23.1 Å². The van der Waals surface area contributed by atoms with Gasteiger partial charge in [0.05, 0.1) is 0 Å². The van der Waals surface area contributed by atoms with Gasteiger partial charge in [0.15, 0.2) is 0 Å². The van der Waals surface area contributed by atoms with Gasteiger partial charge in [-0.25, -0.2) is 0 Å². The molecule has 1 aliphatic rings. The molecule has 26 heavy (non-hydrogen) atoms. The zero-order valence-corrected chi connectivity index (χ0v) is 15.5. The van der Waals surface area contributed by atoms with E-state index < -0.39 is 6.04 Å². The van der Waals surface area contributed by atoms with Crippen molar-refractivity contribution in [3.05, 3.63) is 70.8 Å². The van der Waals surface area contributed by atoms with Crippen molar-refractivity contribution in [2.75, 3.05) is 13.1 Å². The summed E-state index contributed by atoms with van der Waals surface area (Å²) in [6.45, 7) is 5.18. The fourth-order valence-corrected chi connectivity index (χ4v) is 3.47. The van der Waals surface area contributed by atoms with E-state index in [-0.39, 0.29) is 11.8 Å². The summed E-state index contributed by atoms with van der Waals surface area (Å²) in [6.07, 6.45) is 2.13. The summed E-state index contributed by atoms with van der Waals surface area (Å²) in [5.74, 6) is -0.0566. The van der Waals surface area contributed by atoms with Crippen molar-refractivity contribution >= 4 is 11.8 Å². The van der Waals surface area contributed by atoms with Crippen LogP contribution in [0, 0.1) is 6.92 Å². The first-order chi connectivity index (χ1) is 12.6. The van der Waals surface area contributed by atoms with Crippen LogP contribution in [0.2, 0.25) is 0 Å². The monoisotopic (exact) mass is 350 g/mol. The van der Waals surface area contributed by atoms with Gasteiger partial charge in [0.1, 0.15) is 6.04 Å². The molecule has 2 amide bonds. The Morgan fingerprint density at radius 1 is 1.12 bits per heavy atom. The number of aryl methyl sites for hydroxylation is 3. The van der Waals surface area contributed by atoms with Crippen LogP contribution in [-0.4, -0.2) is 29.8 Å². The minimum absolute atomic E-state index is 0.0349. The molecule has 1 fully saturated rings. The van der Waals surface area contributed by atoms with E-state index in [0.29, 0.717) is 25.9 Å². The highest BCUT2D eigenvalue weighted by Gasteiger charge is 2.34. The third-order valence-corrected chi connectivity index (χ3v) is 5.07. The van der Waals surface area contributed by atoms with Crippen molar-refractivity contribution < 1.29 is 9.59 Å². The van der Waals surface area contributed by atoms with Gasteiger partial charge in [-0.1, -0.05) is 55.5 Å². The molecule has 1 heterocycles. The Balaban J connectivity index is 1.73. The second-order valence-electron chi connectivity index (χ2n) is 6.81. The molecule has 0 radical (unpaired) electrons. The van der Waals surface area contributed by atoms with Gasteiger partial charge in [0, 0.05) is 19.5 Å². The summed E-state index contributed by atoms with van der Waals surface area (Å²) in [4.78, 5) is 27.1. The second-order valence-corrected chi connectivity index (χ2v) is 6.81. The third-order valence-electron chi connectivity index (χ3n) is 5.07. The van der Waals surface area contributed by atoms with Crippen LogP contribution in [-0.2, 0) is 22.4 Å². The molecule has 2 aromatic rings. The summed E-state index contributed by atoms with van der Waals surface area (Å²) in [7, 11) is 0. The Morgan fingerprint density at radius 2 is 1.81 bits per heavy atom. The summed E-state index contributed by atoms with van der Waals surface area (Å²) in [6, 6.07) is 15.7. The summed E-state index contributed by atoms with van der Waals surface area (Å²) in [5.41, 5.74) is 4.39. The number of carbonyl (C=O) groups is 2.